The van der Waals surface area contributed by atoms with Crippen LogP contribution >= 0.6 is 0 Å². The van der Waals surface area contributed by atoms with Gasteiger partial charge in [0.15, 0.2) is 0 Å². The van der Waals surface area contributed by atoms with E-state index in [1.807, 2.05) is 30.3 Å². The fourth-order valence-corrected chi connectivity index (χ4v) is 4.93. The molecule has 5 rings (SSSR count). The second-order valence-electron chi connectivity index (χ2n) is 8.68. The van der Waals surface area contributed by atoms with Gasteiger partial charge in [-0.05, 0) is 79.5 Å². The van der Waals surface area contributed by atoms with Crippen molar-refractivity contribution in [1.29, 1.82) is 0 Å². The molecule has 2 heterocycles. The average Bonchev–Trinajstić information content (AvgIpc) is 3.32. The maximum Gasteiger partial charge on any atom is 0.123 e. The smallest absolute Gasteiger partial charge is 0.123 e. The standard InChI is InChI=1S/C27H29NO4/c29-21-5-3-4-20(16-21)25-18-32-26-11-8-22(30)17-24(26)27(25)19-6-9-23(10-7-19)31-15-14-28-12-1-2-13-28/h3-11,16-17,25,27,29-30H,1-2,12-15,18H2. The first kappa shape index (κ1) is 20.7. The van der Waals surface area contributed by atoms with Crippen LogP contribution in [0, 0.1) is 0 Å². The van der Waals surface area contributed by atoms with Crippen LogP contribution in [0.1, 0.15) is 41.4 Å². The van der Waals surface area contributed by atoms with Gasteiger partial charge in [-0.1, -0.05) is 24.3 Å². The molecule has 3 aromatic carbocycles. The highest BCUT2D eigenvalue weighted by Crippen LogP contribution is 2.47. The summed E-state index contributed by atoms with van der Waals surface area (Å²) < 4.78 is 12.0. The molecule has 2 unspecified atom stereocenters. The van der Waals surface area contributed by atoms with Crippen molar-refractivity contribution in [3.63, 3.8) is 0 Å². The molecule has 32 heavy (non-hydrogen) atoms. The zero-order chi connectivity index (χ0) is 21.9. The van der Waals surface area contributed by atoms with Gasteiger partial charge < -0.3 is 19.7 Å². The Balaban J connectivity index is 1.41. The van der Waals surface area contributed by atoms with E-state index in [2.05, 4.69) is 17.0 Å². The Morgan fingerprint density at radius 3 is 2.44 bits per heavy atom. The molecule has 2 atom stereocenters. The van der Waals surface area contributed by atoms with Crippen molar-refractivity contribution < 1.29 is 19.7 Å². The average molecular weight is 432 g/mol. The van der Waals surface area contributed by atoms with E-state index in [1.165, 1.54) is 25.9 Å². The van der Waals surface area contributed by atoms with Gasteiger partial charge in [-0.3, -0.25) is 4.90 Å². The number of aromatic hydroxyl groups is 2. The molecular formula is C27H29NO4. The highest BCUT2D eigenvalue weighted by Gasteiger charge is 2.34. The number of likely N-dealkylation sites (tertiary alicyclic amines) is 1. The van der Waals surface area contributed by atoms with E-state index >= 15 is 0 Å². The molecule has 0 aliphatic carbocycles. The van der Waals surface area contributed by atoms with Crippen LogP contribution in [-0.4, -0.2) is 48.0 Å². The number of rotatable bonds is 6. The molecule has 3 aromatic rings. The van der Waals surface area contributed by atoms with Gasteiger partial charge in [0.2, 0.25) is 0 Å². The van der Waals surface area contributed by atoms with Crippen LogP contribution in [0.4, 0.5) is 0 Å². The third-order valence-corrected chi connectivity index (χ3v) is 6.56. The highest BCUT2D eigenvalue weighted by molar-refractivity contribution is 5.51. The molecule has 5 heteroatoms. The lowest BCUT2D eigenvalue weighted by Gasteiger charge is -2.34. The molecule has 2 aliphatic rings. The van der Waals surface area contributed by atoms with Crippen molar-refractivity contribution in [1.82, 2.24) is 4.90 Å². The topological polar surface area (TPSA) is 62.2 Å². The Morgan fingerprint density at radius 1 is 0.875 bits per heavy atom. The van der Waals surface area contributed by atoms with E-state index in [0.29, 0.717) is 13.2 Å². The Kier molecular flexibility index (Phi) is 5.91. The number of nitrogens with zero attached hydrogens (tertiary/aromatic N) is 1. The second-order valence-corrected chi connectivity index (χ2v) is 8.68. The lowest BCUT2D eigenvalue weighted by Crippen LogP contribution is -2.25. The molecule has 5 nitrogen and oxygen atoms in total. The molecule has 166 valence electrons. The van der Waals surface area contributed by atoms with Gasteiger partial charge in [-0.25, -0.2) is 0 Å². The summed E-state index contributed by atoms with van der Waals surface area (Å²) in [5, 5.41) is 20.2. The monoisotopic (exact) mass is 431 g/mol. The molecule has 0 aromatic heterocycles. The van der Waals surface area contributed by atoms with Gasteiger partial charge >= 0.3 is 0 Å². The molecule has 0 amide bonds. The van der Waals surface area contributed by atoms with Gasteiger partial charge in [-0.15, -0.1) is 0 Å². The lowest BCUT2D eigenvalue weighted by molar-refractivity contribution is 0.237. The van der Waals surface area contributed by atoms with Crippen LogP contribution in [0.3, 0.4) is 0 Å². The van der Waals surface area contributed by atoms with Gasteiger partial charge in [0.1, 0.15) is 29.6 Å². The minimum Gasteiger partial charge on any atom is -0.508 e. The summed E-state index contributed by atoms with van der Waals surface area (Å²) in [5.74, 6) is 2.12. The highest BCUT2D eigenvalue weighted by atomic mass is 16.5. The zero-order valence-electron chi connectivity index (χ0n) is 18.1. The van der Waals surface area contributed by atoms with E-state index in [-0.39, 0.29) is 23.3 Å². The maximum atomic E-state index is 10.2. The largest absolute Gasteiger partial charge is 0.508 e. The predicted octanol–water partition coefficient (Wildman–Crippen LogP) is 4.88. The number of phenols is 2. The molecule has 0 radical (unpaired) electrons. The normalized spacial score (nSPS) is 20.5. The SMILES string of the molecule is Oc1cccc(C2COc3ccc(O)cc3C2c2ccc(OCCN3CCCC3)cc2)c1. The molecule has 2 N–H and O–H groups in total. The van der Waals surface area contributed by atoms with E-state index < -0.39 is 0 Å². The molecule has 2 aliphatic heterocycles. The fraction of sp³-hybridized carbons (Fsp3) is 0.333. The first-order chi connectivity index (χ1) is 15.7. The van der Waals surface area contributed by atoms with Crippen molar-refractivity contribution in [2.75, 3.05) is 32.8 Å². The summed E-state index contributed by atoms with van der Waals surface area (Å²) in [6.45, 7) is 4.51. The second kappa shape index (κ2) is 9.13. The minimum absolute atomic E-state index is 0.00806. The summed E-state index contributed by atoms with van der Waals surface area (Å²) in [6.07, 6.45) is 2.58. The first-order valence-electron chi connectivity index (χ1n) is 11.4. The summed E-state index contributed by atoms with van der Waals surface area (Å²) in [6, 6.07) is 20.9. The van der Waals surface area contributed by atoms with Crippen LogP contribution in [0.15, 0.2) is 66.7 Å². The molecule has 0 spiro atoms. The van der Waals surface area contributed by atoms with E-state index in [0.717, 1.165) is 34.7 Å². The van der Waals surface area contributed by atoms with Gasteiger partial charge in [0.05, 0.1) is 6.61 Å². The van der Waals surface area contributed by atoms with Crippen molar-refractivity contribution in [3.05, 3.63) is 83.4 Å². The quantitative estimate of drug-likeness (QED) is 0.582. The fourth-order valence-electron chi connectivity index (χ4n) is 4.93. The summed E-state index contributed by atoms with van der Waals surface area (Å²) in [5.41, 5.74) is 3.09. The van der Waals surface area contributed by atoms with E-state index in [1.54, 1.807) is 24.3 Å². The van der Waals surface area contributed by atoms with Crippen molar-refractivity contribution >= 4 is 0 Å². The van der Waals surface area contributed by atoms with E-state index in [9.17, 15) is 10.2 Å². The summed E-state index contributed by atoms with van der Waals surface area (Å²) in [7, 11) is 0. The van der Waals surface area contributed by atoms with E-state index in [4.69, 9.17) is 9.47 Å². The Labute approximate surface area is 188 Å². The van der Waals surface area contributed by atoms with Crippen molar-refractivity contribution in [3.8, 4) is 23.0 Å². The third-order valence-electron chi connectivity index (χ3n) is 6.56. The van der Waals surface area contributed by atoms with Crippen LogP contribution in [-0.2, 0) is 0 Å². The number of hydrogen-bond donors (Lipinski definition) is 2. The Bertz CT molecular complexity index is 1060. The van der Waals surface area contributed by atoms with Gasteiger partial charge in [0, 0.05) is 23.9 Å². The number of benzene rings is 3. The van der Waals surface area contributed by atoms with Crippen molar-refractivity contribution in [2.45, 2.75) is 24.7 Å². The van der Waals surface area contributed by atoms with Gasteiger partial charge in [0.25, 0.3) is 0 Å². The number of ether oxygens (including phenoxy) is 2. The molecular weight excluding hydrogens is 402 g/mol. The van der Waals surface area contributed by atoms with Crippen LogP contribution in [0.5, 0.6) is 23.0 Å². The zero-order valence-corrected chi connectivity index (χ0v) is 18.1. The number of hydrogen-bond acceptors (Lipinski definition) is 5. The van der Waals surface area contributed by atoms with Gasteiger partial charge in [-0.2, -0.15) is 0 Å². The lowest BCUT2D eigenvalue weighted by atomic mass is 9.76. The predicted molar refractivity (Wildman–Crippen MR) is 124 cm³/mol. The molecule has 0 bridgehead atoms. The minimum atomic E-state index is -0.00806. The Morgan fingerprint density at radius 2 is 1.66 bits per heavy atom. The molecule has 1 saturated heterocycles. The summed E-state index contributed by atoms with van der Waals surface area (Å²) >= 11 is 0. The van der Waals surface area contributed by atoms with Crippen molar-refractivity contribution in [2.24, 2.45) is 0 Å². The number of phenolic OH excluding ortho intramolecular Hbond substituents is 2. The summed E-state index contributed by atoms with van der Waals surface area (Å²) in [4.78, 5) is 2.44. The Hall–Kier alpha value is -3.18. The maximum absolute atomic E-state index is 10.2. The number of fused-ring (bicyclic) bond motifs is 1. The molecule has 0 saturated carbocycles. The first-order valence-corrected chi connectivity index (χ1v) is 11.4. The van der Waals surface area contributed by atoms with Crippen LogP contribution in [0.25, 0.3) is 0 Å². The van der Waals surface area contributed by atoms with Crippen LogP contribution in [0.2, 0.25) is 0 Å². The van der Waals surface area contributed by atoms with Crippen LogP contribution < -0.4 is 9.47 Å². The molecule has 1 fully saturated rings. The third kappa shape index (κ3) is 4.39.